The molecule has 6 nitrogen and oxygen atoms in total. The standard InChI is InChI=1S/C17H16N4O2S/c1-20(2)16-7-3-6-14-13(16)5-4-8-17(14)24(22,23)21-11-12-9-18-10-15(12)19-21/h3-9,11H,10H2,1-2H3. The molecule has 4 rings (SSSR count). The van der Waals surface area contributed by atoms with Crippen LogP contribution < -0.4 is 4.90 Å². The Morgan fingerprint density at radius 3 is 2.58 bits per heavy atom. The smallest absolute Gasteiger partial charge is 0.283 e. The summed E-state index contributed by atoms with van der Waals surface area (Å²) in [4.78, 5) is 6.31. The highest BCUT2D eigenvalue weighted by molar-refractivity contribution is 7.90. The van der Waals surface area contributed by atoms with E-state index in [2.05, 4.69) is 10.1 Å². The van der Waals surface area contributed by atoms with Crippen LogP contribution in [-0.2, 0) is 16.6 Å². The monoisotopic (exact) mass is 340 g/mol. The minimum Gasteiger partial charge on any atom is -0.377 e. The fraction of sp³-hybridized carbons (Fsp3) is 0.176. The van der Waals surface area contributed by atoms with Crippen LogP contribution in [0.25, 0.3) is 10.8 Å². The Kier molecular flexibility index (Phi) is 3.21. The molecule has 24 heavy (non-hydrogen) atoms. The minimum absolute atomic E-state index is 0.252. The number of aromatic nitrogens is 2. The van der Waals surface area contributed by atoms with E-state index in [1.165, 1.54) is 6.20 Å². The Balaban J connectivity index is 1.95. The largest absolute Gasteiger partial charge is 0.377 e. The van der Waals surface area contributed by atoms with E-state index in [1.807, 2.05) is 43.3 Å². The summed E-state index contributed by atoms with van der Waals surface area (Å²) in [7, 11) is 0.115. The Morgan fingerprint density at radius 1 is 1.08 bits per heavy atom. The van der Waals surface area contributed by atoms with Gasteiger partial charge < -0.3 is 4.90 Å². The first-order valence-corrected chi connectivity index (χ1v) is 8.95. The third-order valence-corrected chi connectivity index (χ3v) is 5.73. The van der Waals surface area contributed by atoms with Crippen molar-refractivity contribution in [3.63, 3.8) is 0 Å². The van der Waals surface area contributed by atoms with Crippen LogP contribution >= 0.6 is 0 Å². The third-order valence-electron chi connectivity index (χ3n) is 4.14. The quantitative estimate of drug-likeness (QED) is 0.733. The van der Waals surface area contributed by atoms with Crippen molar-refractivity contribution in [3.8, 4) is 0 Å². The fourth-order valence-corrected chi connectivity index (χ4v) is 4.33. The van der Waals surface area contributed by atoms with E-state index >= 15 is 0 Å². The van der Waals surface area contributed by atoms with Crippen LogP contribution in [0.15, 0.2) is 52.5 Å². The van der Waals surface area contributed by atoms with E-state index in [0.29, 0.717) is 17.6 Å². The maximum absolute atomic E-state index is 13.1. The van der Waals surface area contributed by atoms with Gasteiger partial charge in [-0.1, -0.05) is 24.3 Å². The summed E-state index contributed by atoms with van der Waals surface area (Å²) in [6.07, 6.45) is 3.18. The molecule has 0 amide bonds. The Hall–Kier alpha value is -2.67. The molecule has 2 heterocycles. The summed E-state index contributed by atoms with van der Waals surface area (Å²) < 4.78 is 27.2. The van der Waals surface area contributed by atoms with Crippen molar-refractivity contribution in [1.29, 1.82) is 0 Å². The molecule has 1 aliphatic heterocycles. The molecule has 0 radical (unpaired) electrons. The van der Waals surface area contributed by atoms with Gasteiger partial charge in [0.05, 0.1) is 23.3 Å². The van der Waals surface area contributed by atoms with Crippen LogP contribution in [0, 0.1) is 0 Å². The highest BCUT2D eigenvalue weighted by atomic mass is 32.2. The molecule has 2 aromatic carbocycles. The van der Waals surface area contributed by atoms with Crippen LogP contribution in [0.3, 0.4) is 0 Å². The van der Waals surface area contributed by atoms with Gasteiger partial charge in [-0.3, -0.25) is 4.99 Å². The van der Waals surface area contributed by atoms with Crippen LogP contribution in [0.1, 0.15) is 11.3 Å². The molecule has 3 aromatic rings. The molecule has 0 bridgehead atoms. The number of anilines is 1. The Morgan fingerprint density at radius 2 is 1.83 bits per heavy atom. The van der Waals surface area contributed by atoms with Crippen molar-refractivity contribution in [2.75, 3.05) is 19.0 Å². The molecule has 0 unspecified atom stereocenters. The lowest BCUT2D eigenvalue weighted by atomic mass is 10.1. The van der Waals surface area contributed by atoms with Gasteiger partial charge in [-0.25, -0.2) is 0 Å². The topological polar surface area (TPSA) is 67.6 Å². The van der Waals surface area contributed by atoms with Crippen LogP contribution in [0.2, 0.25) is 0 Å². The highest BCUT2D eigenvalue weighted by Crippen LogP contribution is 2.31. The molecule has 0 saturated heterocycles. The molecule has 1 aromatic heterocycles. The van der Waals surface area contributed by atoms with E-state index in [-0.39, 0.29) is 4.90 Å². The number of hydrogen-bond donors (Lipinski definition) is 0. The lowest BCUT2D eigenvalue weighted by Gasteiger charge is -2.16. The van der Waals surface area contributed by atoms with Crippen molar-refractivity contribution in [3.05, 3.63) is 53.9 Å². The molecule has 0 N–H and O–H groups in total. The molecule has 7 heteroatoms. The maximum atomic E-state index is 13.1. The van der Waals surface area contributed by atoms with E-state index < -0.39 is 10.0 Å². The summed E-state index contributed by atoms with van der Waals surface area (Å²) in [6, 6.07) is 11.0. The van der Waals surface area contributed by atoms with E-state index in [9.17, 15) is 8.42 Å². The van der Waals surface area contributed by atoms with Gasteiger partial charge in [0.15, 0.2) is 0 Å². The average Bonchev–Trinajstić information content (AvgIpc) is 3.15. The number of fused-ring (bicyclic) bond motifs is 2. The number of hydrogen-bond acceptors (Lipinski definition) is 5. The summed E-state index contributed by atoms with van der Waals surface area (Å²) >= 11 is 0. The summed E-state index contributed by atoms with van der Waals surface area (Å²) in [6.45, 7) is 0.429. The minimum atomic E-state index is -3.76. The predicted octanol–water partition coefficient (Wildman–Crippen LogP) is 2.27. The normalized spacial score (nSPS) is 13.4. The van der Waals surface area contributed by atoms with Crippen molar-refractivity contribution in [2.45, 2.75) is 11.4 Å². The molecular weight excluding hydrogens is 324 g/mol. The van der Waals surface area contributed by atoms with Gasteiger partial charge in [-0.2, -0.15) is 17.6 Å². The first-order chi connectivity index (χ1) is 11.5. The van der Waals surface area contributed by atoms with Crippen molar-refractivity contribution in [1.82, 2.24) is 9.19 Å². The van der Waals surface area contributed by atoms with Gasteiger partial charge in [0, 0.05) is 42.3 Å². The zero-order valence-electron chi connectivity index (χ0n) is 13.3. The number of rotatable bonds is 3. The second kappa shape index (κ2) is 5.17. The van der Waals surface area contributed by atoms with E-state index in [0.717, 1.165) is 20.7 Å². The molecule has 122 valence electrons. The van der Waals surface area contributed by atoms with Crippen LogP contribution in [-0.4, -0.2) is 37.9 Å². The number of benzene rings is 2. The van der Waals surface area contributed by atoms with Crippen LogP contribution in [0.5, 0.6) is 0 Å². The summed E-state index contributed by atoms with van der Waals surface area (Å²) in [5.41, 5.74) is 2.42. The zero-order valence-corrected chi connectivity index (χ0v) is 14.2. The predicted molar refractivity (Wildman–Crippen MR) is 94.4 cm³/mol. The second-order valence-electron chi connectivity index (χ2n) is 5.90. The van der Waals surface area contributed by atoms with Gasteiger partial charge >= 0.3 is 0 Å². The van der Waals surface area contributed by atoms with Gasteiger partial charge in [-0.15, -0.1) is 0 Å². The maximum Gasteiger partial charge on any atom is 0.283 e. The molecule has 0 spiro atoms. The van der Waals surface area contributed by atoms with Crippen molar-refractivity contribution >= 4 is 32.7 Å². The SMILES string of the molecule is CN(C)c1cccc2c(S(=O)(=O)n3cc4c(n3)CN=C4)cccc12. The molecule has 0 atom stereocenters. The Labute approximate surface area is 140 Å². The molecule has 0 saturated carbocycles. The number of nitrogens with zero attached hydrogens (tertiary/aromatic N) is 4. The molecular formula is C17H16N4O2S. The van der Waals surface area contributed by atoms with E-state index in [1.54, 1.807) is 18.3 Å². The second-order valence-corrected chi connectivity index (χ2v) is 7.67. The fourth-order valence-electron chi connectivity index (χ4n) is 2.96. The summed E-state index contributed by atoms with van der Waals surface area (Å²) in [5, 5.41) is 5.78. The lowest BCUT2D eigenvalue weighted by Crippen LogP contribution is -2.15. The lowest BCUT2D eigenvalue weighted by molar-refractivity contribution is 0.580. The van der Waals surface area contributed by atoms with Crippen LogP contribution in [0.4, 0.5) is 5.69 Å². The van der Waals surface area contributed by atoms with Gasteiger partial charge in [0.1, 0.15) is 0 Å². The molecule has 0 aliphatic carbocycles. The first kappa shape index (κ1) is 14.9. The van der Waals surface area contributed by atoms with Gasteiger partial charge in [0.25, 0.3) is 10.0 Å². The third kappa shape index (κ3) is 2.12. The first-order valence-electron chi connectivity index (χ1n) is 7.51. The van der Waals surface area contributed by atoms with Crippen molar-refractivity contribution in [2.24, 2.45) is 4.99 Å². The zero-order chi connectivity index (χ0) is 16.9. The van der Waals surface area contributed by atoms with Gasteiger partial charge in [0.2, 0.25) is 0 Å². The Bertz CT molecular complexity index is 1080. The van der Waals surface area contributed by atoms with Gasteiger partial charge in [-0.05, 0) is 12.1 Å². The van der Waals surface area contributed by atoms with Crippen molar-refractivity contribution < 1.29 is 8.42 Å². The number of aliphatic imine (C=N–C) groups is 1. The molecule has 1 aliphatic rings. The van der Waals surface area contributed by atoms with E-state index in [4.69, 9.17) is 0 Å². The molecule has 0 fully saturated rings. The average molecular weight is 340 g/mol. The summed E-state index contributed by atoms with van der Waals surface area (Å²) in [5.74, 6) is 0. The highest BCUT2D eigenvalue weighted by Gasteiger charge is 2.24.